The summed E-state index contributed by atoms with van der Waals surface area (Å²) in [7, 11) is 4.73. The smallest absolute Gasteiger partial charge is 0.164 e. The first-order valence-electron chi connectivity index (χ1n) is 4.86. The molecule has 96 valence electrons. The second-order valence-electron chi connectivity index (χ2n) is 3.21. The van der Waals surface area contributed by atoms with Gasteiger partial charge in [0.1, 0.15) is 5.75 Å². The molecule has 2 N–H and O–H groups in total. The van der Waals surface area contributed by atoms with Crippen molar-refractivity contribution in [3.8, 4) is 17.2 Å². The predicted molar refractivity (Wildman–Crippen MR) is 70.5 cm³/mol. The van der Waals surface area contributed by atoms with Crippen molar-refractivity contribution in [2.24, 2.45) is 5.73 Å². The first-order chi connectivity index (χ1) is 7.67. The number of nitrogens with two attached hydrogens (primary N) is 1. The zero-order valence-electron chi connectivity index (χ0n) is 10.2. The highest BCUT2D eigenvalue weighted by Crippen LogP contribution is 2.36. The van der Waals surface area contributed by atoms with E-state index < -0.39 is 0 Å². The lowest BCUT2D eigenvalue weighted by Gasteiger charge is -2.16. The molecule has 0 unspecified atom stereocenters. The summed E-state index contributed by atoms with van der Waals surface area (Å²) in [4.78, 5) is 0. The van der Waals surface area contributed by atoms with Gasteiger partial charge in [0.2, 0.25) is 0 Å². The van der Waals surface area contributed by atoms with Crippen LogP contribution >= 0.6 is 12.4 Å². The summed E-state index contributed by atoms with van der Waals surface area (Å²) < 4.78 is 15.6. The molecule has 1 aromatic rings. The normalized spacial score (nSPS) is 11.1. The molecule has 0 aliphatic rings. The highest BCUT2D eigenvalue weighted by molar-refractivity contribution is 5.85. The van der Waals surface area contributed by atoms with E-state index in [1.807, 2.05) is 0 Å². The summed E-state index contributed by atoms with van der Waals surface area (Å²) in [6.45, 7) is 3.66. The van der Waals surface area contributed by atoms with E-state index in [1.54, 1.807) is 39.5 Å². The van der Waals surface area contributed by atoms with Crippen molar-refractivity contribution in [1.82, 2.24) is 0 Å². The second kappa shape index (κ2) is 7.04. The molecule has 0 aromatic heterocycles. The first kappa shape index (κ1) is 15.6. The third-order valence-electron chi connectivity index (χ3n) is 2.35. The van der Waals surface area contributed by atoms with Crippen LogP contribution in [-0.2, 0) is 0 Å². The fourth-order valence-electron chi connectivity index (χ4n) is 1.44. The molecule has 1 aromatic carbocycles. The predicted octanol–water partition coefficient (Wildman–Crippen LogP) is 2.32. The zero-order valence-corrected chi connectivity index (χ0v) is 11.0. The van der Waals surface area contributed by atoms with Crippen molar-refractivity contribution >= 4 is 12.4 Å². The Morgan fingerprint density at radius 1 is 1.06 bits per heavy atom. The number of methoxy groups -OCH3 is 3. The zero-order chi connectivity index (χ0) is 12.1. The Balaban J connectivity index is 0.00000256. The molecule has 0 bridgehead atoms. The highest BCUT2D eigenvalue weighted by Gasteiger charge is 2.14. The molecule has 0 spiro atoms. The minimum absolute atomic E-state index is 0. The average Bonchev–Trinajstić information content (AvgIpc) is 2.35. The number of hydrogen-bond donors (Lipinski definition) is 1. The SMILES string of the molecule is C=C[C@H](N)c1cc(OC)c(OC)cc1OC.Cl. The molecule has 4 nitrogen and oxygen atoms in total. The molecule has 17 heavy (non-hydrogen) atoms. The number of ether oxygens (including phenoxy) is 3. The van der Waals surface area contributed by atoms with Crippen molar-refractivity contribution < 1.29 is 14.2 Å². The van der Waals surface area contributed by atoms with Gasteiger partial charge in [-0.3, -0.25) is 0 Å². The number of benzene rings is 1. The van der Waals surface area contributed by atoms with Crippen molar-refractivity contribution in [3.63, 3.8) is 0 Å². The van der Waals surface area contributed by atoms with Crippen LogP contribution in [0.5, 0.6) is 17.2 Å². The number of hydrogen-bond acceptors (Lipinski definition) is 4. The van der Waals surface area contributed by atoms with E-state index in [0.29, 0.717) is 17.2 Å². The molecule has 0 saturated carbocycles. The molecule has 0 saturated heterocycles. The third kappa shape index (κ3) is 3.28. The van der Waals surface area contributed by atoms with E-state index in [1.165, 1.54) is 0 Å². The minimum atomic E-state index is -0.297. The van der Waals surface area contributed by atoms with E-state index in [0.717, 1.165) is 5.56 Å². The molecule has 5 heteroatoms. The van der Waals surface area contributed by atoms with Crippen molar-refractivity contribution in [2.75, 3.05) is 21.3 Å². The van der Waals surface area contributed by atoms with Gasteiger partial charge in [0.05, 0.1) is 27.4 Å². The van der Waals surface area contributed by atoms with Crippen LogP contribution in [0.1, 0.15) is 11.6 Å². The fraction of sp³-hybridized carbons (Fsp3) is 0.333. The van der Waals surface area contributed by atoms with Gasteiger partial charge in [-0.25, -0.2) is 0 Å². The monoisotopic (exact) mass is 259 g/mol. The van der Waals surface area contributed by atoms with Gasteiger partial charge in [-0.1, -0.05) is 6.08 Å². The Hall–Kier alpha value is -1.39. The standard InChI is InChI=1S/C12H17NO3.ClH/c1-5-9(13)8-6-11(15-3)12(16-4)7-10(8)14-2;/h5-7,9H,1,13H2,2-4H3;1H/t9-;/m0./s1. The van der Waals surface area contributed by atoms with E-state index in [9.17, 15) is 0 Å². The molecule has 0 aliphatic heterocycles. The van der Waals surface area contributed by atoms with Crippen LogP contribution in [0.15, 0.2) is 24.8 Å². The third-order valence-corrected chi connectivity index (χ3v) is 2.35. The van der Waals surface area contributed by atoms with Gasteiger partial charge >= 0.3 is 0 Å². The summed E-state index contributed by atoms with van der Waals surface area (Å²) in [5.41, 5.74) is 6.71. The van der Waals surface area contributed by atoms with Crippen LogP contribution in [0.3, 0.4) is 0 Å². The molecule has 1 rings (SSSR count). The van der Waals surface area contributed by atoms with Gasteiger partial charge < -0.3 is 19.9 Å². The van der Waals surface area contributed by atoms with E-state index in [2.05, 4.69) is 6.58 Å². The van der Waals surface area contributed by atoms with Crippen LogP contribution in [-0.4, -0.2) is 21.3 Å². The van der Waals surface area contributed by atoms with Crippen LogP contribution in [0, 0.1) is 0 Å². The summed E-state index contributed by atoms with van der Waals surface area (Å²) in [6.07, 6.45) is 1.64. The van der Waals surface area contributed by atoms with Gasteiger partial charge in [-0.15, -0.1) is 19.0 Å². The van der Waals surface area contributed by atoms with Crippen molar-refractivity contribution in [2.45, 2.75) is 6.04 Å². The fourth-order valence-corrected chi connectivity index (χ4v) is 1.44. The lowest BCUT2D eigenvalue weighted by atomic mass is 10.1. The lowest BCUT2D eigenvalue weighted by molar-refractivity contribution is 0.347. The molecule has 0 heterocycles. The Bertz CT molecular complexity index is 382. The quantitative estimate of drug-likeness (QED) is 0.825. The molecule has 1 atom stereocenters. The van der Waals surface area contributed by atoms with Gasteiger partial charge in [0.25, 0.3) is 0 Å². The van der Waals surface area contributed by atoms with Gasteiger partial charge in [0.15, 0.2) is 11.5 Å². The summed E-state index contributed by atoms with van der Waals surface area (Å²) in [5, 5.41) is 0. The van der Waals surface area contributed by atoms with Gasteiger partial charge in [-0.2, -0.15) is 0 Å². The van der Waals surface area contributed by atoms with Gasteiger partial charge in [0, 0.05) is 11.6 Å². The first-order valence-corrected chi connectivity index (χ1v) is 4.86. The Labute approximate surface area is 108 Å². The number of halogens is 1. The minimum Gasteiger partial charge on any atom is -0.496 e. The largest absolute Gasteiger partial charge is 0.496 e. The maximum Gasteiger partial charge on any atom is 0.164 e. The Kier molecular flexibility index (Phi) is 6.46. The van der Waals surface area contributed by atoms with E-state index in [-0.39, 0.29) is 18.4 Å². The summed E-state index contributed by atoms with van der Waals surface area (Å²) in [5.74, 6) is 1.89. The average molecular weight is 260 g/mol. The van der Waals surface area contributed by atoms with Crippen molar-refractivity contribution in [3.05, 3.63) is 30.4 Å². The van der Waals surface area contributed by atoms with Crippen LogP contribution in [0.25, 0.3) is 0 Å². The topological polar surface area (TPSA) is 53.7 Å². The van der Waals surface area contributed by atoms with Gasteiger partial charge in [-0.05, 0) is 6.07 Å². The second-order valence-corrected chi connectivity index (χ2v) is 3.21. The molecule has 0 fully saturated rings. The molecule has 0 radical (unpaired) electrons. The highest BCUT2D eigenvalue weighted by atomic mass is 35.5. The summed E-state index contributed by atoms with van der Waals surface area (Å²) in [6, 6.07) is 3.25. The van der Waals surface area contributed by atoms with Crippen LogP contribution in [0.2, 0.25) is 0 Å². The molecule has 0 aliphatic carbocycles. The lowest BCUT2D eigenvalue weighted by Crippen LogP contribution is -2.09. The van der Waals surface area contributed by atoms with Crippen molar-refractivity contribution in [1.29, 1.82) is 0 Å². The molecule has 0 amide bonds. The van der Waals surface area contributed by atoms with E-state index >= 15 is 0 Å². The maximum atomic E-state index is 5.89. The van der Waals surface area contributed by atoms with Crippen LogP contribution in [0.4, 0.5) is 0 Å². The van der Waals surface area contributed by atoms with E-state index in [4.69, 9.17) is 19.9 Å². The molecular formula is C12H18ClNO3. The Morgan fingerprint density at radius 3 is 1.94 bits per heavy atom. The Morgan fingerprint density at radius 2 is 1.53 bits per heavy atom. The maximum absolute atomic E-state index is 5.89. The number of rotatable bonds is 5. The molecular weight excluding hydrogens is 242 g/mol. The van der Waals surface area contributed by atoms with Crippen LogP contribution < -0.4 is 19.9 Å². The summed E-state index contributed by atoms with van der Waals surface area (Å²) >= 11 is 0.